The van der Waals surface area contributed by atoms with Crippen molar-refractivity contribution in [3.63, 3.8) is 0 Å². The van der Waals surface area contributed by atoms with Gasteiger partial charge in [-0.1, -0.05) is 6.07 Å². The molecule has 1 aromatic carbocycles. The number of nitro groups is 1. The Bertz CT molecular complexity index is 463. The Kier molecular flexibility index (Phi) is 3.38. The van der Waals surface area contributed by atoms with Gasteiger partial charge in [-0.05, 0) is 6.07 Å². The van der Waals surface area contributed by atoms with Crippen molar-refractivity contribution in [2.75, 3.05) is 0 Å². The Morgan fingerprint density at radius 2 is 2.00 bits per heavy atom. The van der Waals surface area contributed by atoms with Crippen LogP contribution in [0.25, 0.3) is 0 Å². The third-order valence-corrected chi connectivity index (χ3v) is 1.53. The van der Waals surface area contributed by atoms with Gasteiger partial charge < -0.3 is 17.2 Å². The van der Waals surface area contributed by atoms with Crippen molar-refractivity contribution < 1.29 is 4.92 Å². The maximum atomic E-state index is 10.5. The van der Waals surface area contributed by atoms with Gasteiger partial charge in [-0.25, -0.2) is 4.99 Å². The molecule has 16 heavy (non-hydrogen) atoms. The summed E-state index contributed by atoms with van der Waals surface area (Å²) in [5.74, 6) is -0.396. The van der Waals surface area contributed by atoms with Gasteiger partial charge in [0.15, 0.2) is 5.96 Å². The van der Waals surface area contributed by atoms with Gasteiger partial charge >= 0.3 is 0 Å². The fourth-order valence-corrected chi connectivity index (χ4v) is 0.966. The summed E-state index contributed by atoms with van der Waals surface area (Å²) >= 11 is 0. The summed E-state index contributed by atoms with van der Waals surface area (Å²) in [6.45, 7) is 0. The molecule has 0 aromatic heterocycles. The number of nitro benzene ring substituents is 1. The number of benzene rings is 1. The number of nitrogens with zero attached hydrogens (tertiary/aromatic N) is 3. The minimum atomic E-state index is -0.532. The van der Waals surface area contributed by atoms with Crippen molar-refractivity contribution in [3.05, 3.63) is 34.4 Å². The second kappa shape index (κ2) is 4.73. The second-order valence-electron chi connectivity index (χ2n) is 2.78. The molecule has 0 saturated heterocycles. The molecular weight excluding hydrogens is 212 g/mol. The van der Waals surface area contributed by atoms with Crippen molar-refractivity contribution in [3.8, 4) is 0 Å². The molecule has 8 nitrogen and oxygen atoms in total. The van der Waals surface area contributed by atoms with Crippen LogP contribution in [-0.4, -0.2) is 16.8 Å². The predicted molar refractivity (Wildman–Crippen MR) is 60.2 cm³/mol. The molecule has 0 spiro atoms. The van der Waals surface area contributed by atoms with Gasteiger partial charge in [-0.15, -0.1) is 0 Å². The molecule has 0 aliphatic heterocycles. The van der Waals surface area contributed by atoms with E-state index in [0.29, 0.717) is 5.69 Å². The topological polar surface area (TPSA) is 146 Å². The normalized spacial score (nSPS) is 10.9. The third kappa shape index (κ3) is 3.25. The average Bonchev–Trinajstić information content (AvgIpc) is 2.16. The van der Waals surface area contributed by atoms with E-state index in [1.54, 1.807) is 6.07 Å². The fourth-order valence-electron chi connectivity index (χ4n) is 0.966. The lowest BCUT2D eigenvalue weighted by atomic mass is 10.3. The molecule has 1 aromatic rings. The maximum Gasteiger partial charge on any atom is 0.271 e. The van der Waals surface area contributed by atoms with Crippen LogP contribution in [0.2, 0.25) is 0 Å². The lowest BCUT2D eigenvalue weighted by molar-refractivity contribution is -0.384. The first-order valence-corrected chi connectivity index (χ1v) is 4.17. The minimum absolute atomic E-state index is 0.0845. The summed E-state index contributed by atoms with van der Waals surface area (Å²) in [5.41, 5.74) is 15.8. The lowest BCUT2D eigenvalue weighted by Gasteiger charge is -1.96. The highest BCUT2D eigenvalue weighted by Gasteiger charge is 2.04. The van der Waals surface area contributed by atoms with Gasteiger partial charge in [0, 0.05) is 12.1 Å². The van der Waals surface area contributed by atoms with Crippen LogP contribution in [0.4, 0.5) is 11.4 Å². The Morgan fingerprint density at radius 1 is 1.31 bits per heavy atom. The number of rotatable bonds is 2. The van der Waals surface area contributed by atoms with Crippen LogP contribution in [0.5, 0.6) is 0 Å². The molecule has 0 aliphatic carbocycles. The highest BCUT2D eigenvalue weighted by atomic mass is 16.6. The molecule has 0 heterocycles. The second-order valence-corrected chi connectivity index (χ2v) is 2.78. The van der Waals surface area contributed by atoms with Crippen molar-refractivity contribution in [1.82, 2.24) is 0 Å². The van der Waals surface area contributed by atoms with E-state index in [1.807, 2.05) is 0 Å². The largest absolute Gasteiger partial charge is 0.370 e. The first-order chi connectivity index (χ1) is 7.49. The summed E-state index contributed by atoms with van der Waals surface area (Å²) < 4.78 is 0. The zero-order chi connectivity index (χ0) is 12.1. The van der Waals surface area contributed by atoms with Crippen LogP contribution in [0.15, 0.2) is 34.3 Å². The van der Waals surface area contributed by atoms with Crippen LogP contribution in [-0.2, 0) is 0 Å². The molecule has 0 aliphatic rings. The van der Waals surface area contributed by atoms with Gasteiger partial charge in [0.1, 0.15) is 0 Å². The predicted octanol–water partition coefficient (Wildman–Crippen LogP) is -0.186. The summed E-state index contributed by atoms with van der Waals surface area (Å²) in [5, 5.41) is 10.5. The average molecular weight is 222 g/mol. The SMILES string of the molecule is NC(N)=NC(N)=Nc1cccc([N+](=O)[O-])c1. The Morgan fingerprint density at radius 3 is 2.56 bits per heavy atom. The molecular formula is C8H10N6O2. The molecule has 6 N–H and O–H groups in total. The van der Waals surface area contributed by atoms with Crippen LogP contribution >= 0.6 is 0 Å². The van der Waals surface area contributed by atoms with Gasteiger partial charge in [-0.2, -0.15) is 4.99 Å². The van der Waals surface area contributed by atoms with Gasteiger partial charge in [0.05, 0.1) is 10.6 Å². The van der Waals surface area contributed by atoms with Crippen LogP contribution in [0.1, 0.15) is 0 Å². The number of nitrogens with two attached hydrogens (primary N) is 3. The number of hydrogen-bond donors (Lipinski definition) is 3. The van der Waals surface area contributed by atoms with E-state index in [-0.39, 0.29) is 17.6 Å². The highest BCUT2D eigenvalue weighted by Crippen LogP contribution is 2.19. The molecule has 0 bridgehead atoms. The molecule has 0 radical (unpaired) electrons. The molecule has 0 fully saturated rings. The van der Waals surface area contributed by atoms with Gasteiger partial charge in [0.2, 0.25) is 5.96 Å². The maximum absolute atomic E-state index is 10.5. The highest BCUT2D eigenvalue weighted by molar-refractivity contribution is 5.93. The van der Waals surface area contributed by atoms with E-state index < -0.39 is 4.92 Å². The van der Waals surface area contributed by atoms with Crippen molar-refractivity contribution >= 4 is 23.3 Å². The quantitative estimate of drug-likeness (QED) is 0.275. The lowest BCUT2D eigenvalue weighted by Crippen LogP contribution is -2.26. The summed E-state index contributed by atoms with van der Waals surface area (Å²) in [4.78, 5) is 17.2. The van der Waals surface area contributed by atoms with E-state index in [9.17, 15) is 10.1 Å². The van der Waals surface area contributed by atoms with E-state index in [1.165, 1.54) is 18.2 Å². The van der Waals surface area contributed by atoms with E-state index >= 15 is 0 Å². The molecule has 0 atom stereocenters. The number of aliphatic imine (C=N–C) groups is 2. The first-order valence-electron chi connectivity index (χ1n) is 4.17. The molecule has 0 saturated carbocycles. The van der Waals surface area contributed by atoms with Crippen molar-refractivity contribution in [1.29, 1.82) is 0 Å². The number of guanidine groups is 2. The third-order valence-electron chi connectivity index (χ3n) is 1.53. The monoisotopic (exact) mass is 222 g/mol. The van der Waals surface area contributed by atoms with E-state index in [2.05, 4.69) is 9.98 Å². The van der Waals surface area contributed by atoms with Crippen LogP contribution in [0, 0.1) is 10.1 Å². The number of hydrogen-bond acceptors (Lipinski definition) is 3. The fraction of sp³-hybridized carbons (Fsp3) is 0. The Balaban J connectivity index is 3.02. The Labute approximate surface area is 90.6 Å². The zero-order valence-corrected chi connectivity index (χ0v) is 8.20. The van der Waals surface area contributed by atoms with Crippen LogP contribution in [0.3, 0.4) is 0 Å². The molecule has 0 amide bonds. The molecule has 84 valence electrons. The molecule has 8 heteroatoms. The molecule has 0 unspecified atom stereocenters. The first kappa shape index (κ1) is 11.4. The van der Waals surface area contributed by atoms with E-state index in [4.69, 9.17) is 17.2 Å². The number of non-ortho nitro benzene ring substituents is 1. The standard InChI is InChI=1S/C8H10N6O2/c9-7(10)13-8(11)12-5-2-1-3-6(4-5)14(15)16/h1-4H,(H6,9,10,11,12,13). The van der Waals surface area contributed by atoms with Crippen molar-refractivity contribution in [2.45, 2.75) is 0 Å². The van der Waals surface area contributed by atoms with Gasteiger partial charge in [-0.3, -0.25) is 10.1 Å². The Hall–Kier alpha value is -2.64. The van der Waals surface area contributed by atoms with E-state index in [0.717, 1.165) is 0 Å². The summed E-state index contributed by atoms with van der Waals surface area (Å²) in [6.07, 6.45) is 0. The van der Waals surface area contributed by atoms with Crippen LogP contribution < -0.4 is 17.2 Å². The van der Waals surface area contributed by atoms with Gasteiger partial charge in [0.25, 0.3) is 5.69 Å². The summed E-state index contributed by atoms with van der Waals surface area (Å²) in [6, 6.07) is 5.63. The van der Waals surface area contributed by atoms with Crippen molar-refractivity contribution in [2.24, 2.45) is 27.2 Å². The summed E-state index contributed by atoms with van der Waals surface area (Å²) in [7, 11) is 0. The minimum Gasteiger partial charge on any atom is -0.370 e. The smallest absolute Gasteiger partial charge is 0.271 e. The zero-order valence-electron chi connectivity index (χ0n) is 8.20. The molecule has 1 rings (SSSR count).